The third kappa shape index (κ3) is 29.2. The topological polar surface area (TPSA) is 20.3 Å². The quantitative estimate of drug-likeness (QED) is 0.0589. The molecule has 0 fully saturated rings. The molecule has 0 heterocycles. The number of quaternary nitrogens is 2. The van der Waals surface area contributed by atoms with Crippen LogP contribution >= 0.6 is 0 Å². The number of rotatable bonds is 31. The largest absolute Gasteiger partial charge is 0.338 e. The lowest BCUT2D eigenvalue weighted by Crippen LogP contribution is -2.53. The third-order valence-corrected chi connectivity index (χ3v) is 8.86. The number of likely N-dealkylation sites (N-methyl/N-ethyl adjacent to an activating group) is 2. The molecule has 0 atom stereocenters. The van der Waals surface area contributed by atoms with E-state index in [1.165, 1.54) is 154 Å². The first kappa shape index (κ1) is 40.4. The highest BCUT2D eigenvalue weighted by molar-refractivity contribution is 5.77. The van der Waals surface area contributed by atoms with Gasteiger partial charge in [0.15, 0.2) is 6.54 Å². The van der Waals surface area contributed by atoms with Gasteiger partial charge in [-0.2, -0.15) is 0 Å². The number of hydrogen-bond donors (Lipinski definition) is 0. The third-order valence-electron chi connectivity index (χ3n) is 8.86. The van der Waals surface area contributed by atoms with E-state index in [4.69, 9.17) is 0 Å². The van der Waals surface area contributed by atoms with Crippen molar-refractivity contribution in [1.29, 1.82) is 0 Å². The first-order chi connectivity index (χ1) is 19.6. The number of amides is 1. The molecule has 0 saturated carbocycles. The second kappa shape index (κ2) is 27.0. The summed E-state index contributed by atoms with van der Waals surface area (Å²) in [5.74, 6) is 0.377. The maximum Gasteiger partial charge on any atom is 0.277 e. The van der Waals surface area contributed by atoms with Crippen molar-refractivity contribution >= 4 is 5.91 Å². The van der Waals surface area contributed by atoms with Gasteiger partial charge in [0.1, 0.15) is 13.1 Å². The van der Waals surface area contributed by atoms with Gasteiger partial charge in [0.05, 0.1) is 35.2 Å². The number of hydrogen-bond acceptors (Lipinski definition) is 1. The van der Waals surface area contributed by atoms with Crippen LogP contribution in [0.25, 0.3) is 0 Å². The molecule has 0 aliphatic heterocycles. The van der Waals surface area contributed by atoms with Gasteiger partial charge in [-0.1, -0.05) is 155 Å². The van der Waals surface area contributed by atoms with Gasteiger partial charge in [-0.25, -0.2) is 0 Å². The Morgan fingerprint density at radius 2 is 0.732 bits per heavy atom. The average molecular weight is 582 g/mol. The zero-order chi connectivity index (χ0) is 30.7. The van der Waals surface area contributed by atoms with Crippen molar-refractivity contribution in [3.63, 3.8) is 0 Å². The molecule has 0 unspecified atom stereocenters. The van der Waals surface area contributed by atoms with Gasteiger partial charge in [0.25, 0.3) is 5.91 Å². The molecule has 0 aromatic carbocycles. The Labute approximate surface area is 260 Å². The monoisotopic (exact) mass is 582 g/mol. The second-order valence-corrected chi connectivity index (χ2v) is 15.0. The van der Waals surface area contributed by atoms with Crippen LogP contribution in [0.1, 0.15) is 168 Å². The maximum absolute atomic E-state index is 13.5. The van der Waals surface area contributed by atoms with Crippen LogP contribution in [-0.2, 0) is 4.79 Å². The highest BCUT2D eigenvalue weighted by atomic mass is 16.2. The van der Waals surface area contributed by atoms with Gasteiger partial charge in [-0.15, -0.1) is 0 Å². The molecular formula is C37H79N3O+2. The second-order valence-electron chi connectivity index (χ2n) is 15.0. The van der Waals surface area contributed by atoms with E-state index in [1.807, 2.05) is 0 Å². The van der Waals surface area contributed by atoms with Crippen LogP contribution in [0.2, 0.25) is 0 Å². The van der Waals surface area contributed by atoms with E-state index in [-0.39, 0.29) is 0 Å². The molecule has 246 valence electrons. The summed E-state index contributed by atoms with van der Waals surface area (Å²) >= 11 is 0. The van der Waals surface area contributed by atoms with Gasteiger partial charge in [0.2, 0.25) is 0 Å². The van der Waals surface area contributed by atoms with Crippen LogP contribution < -0.4 is 0 Å². The number of unbranched alkanes of at least 4 members (excludes halogenated alkanes) is 22. The summed E-state index contributed by atoms with van der Waals surface area (Å²) in [5.41, 5.74) is 0. The summed E-state index contributed by atoms with van der Waals surface area (Å²) in [6.45, 7) is 9.28. The molecule has 0 saturated heterocycles. The Morgan fingerprint density at radius 3 is 1.02 bits per heavy atom. The van der Waals surface area contributed by atoms with Gasteiger partial charge in [-0.3, -0.25) is 4.79 Å². The molecule has 0 aromatic heterocycles. The molecule has 0 aliphatic rings. The Morgan fingerprint density at radius 1 is 0.439 bits per heavy atom. The fraction of sp³-hybridized carbons (Fsp3) is 0.973. The summed E-state index contributed by atoms with van der Waals surface area (Å²) in [5, 5.41) is 0. The molecule has 0 aromatic rings. The fourth-order valence-corrected chi connectivity index (χ4v) is 5.76. The van der Waals surface area contributed by atoms with Crippen LogP contribution in [0.15, 0.2) is 0 Å². The summed E-state index contributed by atoms with van der Waals surface area (Å²) in [6, 6.07) is 0. The summed E-state index contributed by atoms with van der Waals surface area (Å²) in [6.07, 6.45) is 32.9. The molecule has 41 heavy (non-hydrogen) atoms. The van der Waals surface area contributed by atoms with E-state index in [2.05, 4.69) is 54.0 Å². The van der Waals surface area contributed by atoms with Crippen LogP contribution in [0.3, 0.4) is 0 Å². The highest BCUT2D eigenvalue weighted by Crippen LogP contribution is 2.15. The van der Waals surface area contributed by atoms with Gasteiger partial charge in [0, 0.05) is 13.1 Å². The predicted molar refractivity (Wildman–Crippen MR) is 183 cm³/mol. The Kier molecular flexibility index (Phi) is 26.6. The molecular weight excluding hydrogens is 502 g/mol. The number of carbonyl (C=O) groups is 1. The molecule has 4 heteroatoms. The summed E-state index contributed by atoms with van der Waals surface area (Å²) in [7, 11) is 11.2. The minimum absolute atomic E-state index is 0.377. The standard InChI is InChI=1S/C37H79N3O/c1-8-10-12-14-16-18-20-22-24-26-28-30-32-38(37(41)36-40(6,7)35-34-39(3,4)5)33-31-29-27-25-23-21-19-17-15-13-11-9-2/h8-36H2,1-7H3/q+2. The van der Waals surface area contributed by atoms with E-state index in [1.54, 1.807) is 0 Å². The Bertz CT molecular complexity index is 541. The van der Waals surface area contributed by atoms with Gasteiger partial charge >= 0.3 is 0 Å². The minimum Gasteiger partial charge on any atom is -0.338 e. The predicted octanol–water partition coefficient (Wildman–Crippen LogP) is 10.00. The van der Waals surface area contributed by atoms with Crippen molar-refractivity contribution in [2.75, 3.05) is 68.0 Å². The van der Waals surface area contributed by atoms with Crippen molar-refractivity contribution in [3.8, 4) is 0 Å². The van der Waals surface area contributed by atoms with Crippen LogP contribution in [0, 0.1) is 0 Å². The lowest BCUT2D eigenvalue weighted by molar-refractivity contribution is -0.933. The first-order valence-electron chi connectivity index (χ1n) is 18.5. The van der Waals surface area contributed by atoms with Crippen molar-refractivity contribution in [1.82, 2.24) is 4.90 Å². The zero-order valence-corrected chi connectivity index (χ0v) is 29.8. The smallest absolute Gasteiger partial charge is 0.277 e. The molecule has 0 spiro atoms. The van der Waals surface area contributed by atoms with E-state index >= 15 is 0 Å². The lowest BCUT2D eigenvalue weighted by Gasteiger charge is -2.34. The van der Waals surface area contributed by atoms with Crippen molar-refractivity contribution in [2.24, 2.45) is 0 Å². The maximum atomic E-state index is 13.5. The van der Waals surface area contributed by atoms with Crippen LogP contribution in [0.5, 0.6) is 0 Å². The number of carbonyl (C=O) groups excluding carboxylic acids is 1. The minimum atomic E-state index is 0.377. The van der Waals surface area contributed by atoms with E-state index < -0.39 is 0 Å². The molecule has 0 bridgehead atoms. The normalized spacial score (nSPS) is 12.3. The SMILES string of the molecule is CCCCCCCCCCCCCCN(CCCCCCCCCCCCCC)C(=O)C[N+](C)(C)CC[N+](C)(C)C. The summed E-state index contributed by atoms with van der Waals surface area (Å²) in [4.78, 5) is 15.7. The summed E-state index contributed by atoms with van der Waals surface area (Å²) < 4.78 is 1.75. The molecule has 4 nitrogen and oxygen atoms in total. The number of nitrogens with zero attached hydrogens (tertiary/aromatic N) is 3. The van der Waals surface area contributed by atoms with Crippen molar-refractivity contribution in [2.45, 2.75) is 168 Å². The van der Waals surface area contributed by atoms with Crippen LogP contribution in [0.4, 0.5) is 0 Å². The lowest BCUT2D eigenvalue weighted by atomic mass is 10.0. The van der Waals surface area contributed by atoms with E-state index in [0.717, 1.165) is 35.1 Å². The van der Waals surface area contributed by atoms with Gasteiger partial charge < -0.3 is 13.9 Å². The molecule has 0 N–H and O–H groups in total. The van der Waals surface area contributed by atoms with E-state index in [9.17, 15) is 4.79 Å². The Balaban J connectivity index is 4.30. The fourth-order valence-electron chi connectivity index (χ4n) is 5.76. The van der Waals surface area contributed by atoms with Crippen molar-refractivity contribution < 1.29 is 13.8 Å². The molecule has 0 aliphatic carbocycles. The molecule has 1 amide bonds. The van der Waals surface area contributed by atoms with E-state index in [0.29, 0.717) is 12.5 Å². The zero-order valence-electron chi connectivity index (χ0n) is 29.8. The average Bonchev–Trinajstić information content (AvgIpc) is 2.91. The molecule has 0 radical (unpaired) electrons. The van der Waals surface area contributed by atoms with Gasteiger partial charge in [-0.05, 0) is 12.8 Å². The Hall–Kier alpha value is -0.610. The van der Waals surface area contributed by atoms with Crippen molar-refractivity contribution in [3.05, 3.63) is 0 Å². The highest BCUT2D eigenvalue weighted by Gasteiger charge is 2.26. The molecule has 0 rings (SSSR count). The van der Waals surface area contributed by atoms with Crippen LogP contribution in [-0.4, -0.2) is 87.7 Å². The first-order valence-corrected chi connectivity index (χ1v) is 18.5.